The first kappa shape index (κ1) is 23.8. The molecule has 2 aromatic rings. The molecule has 0 saturated heterocycles. The first-order valence-electron chi connectivity index (χ1n) is 9.05. The quantitative estimate of drug-likeness (QED) is 0.233. The van der Waals surface area contributed by atoms with Crippen molar-refractivity contribution in [2.45, 2.75) is 13.3 Å². The summed E-state index contributed by atoms with van der Waals surface area (Å²) in [5, 5.41) is 14.9. The summed E-state index contributed by atoms with van der Waals surface area (Å²) < 4.78 is 16.1. The van der Waals surface area contributed by atoms with E-state index in [9.17, 15) is 19.7 Å². The molecule has 1 N–H and O–H groups in total. The number of nitro benzene ring substituents is 1. The summed E-state index contributed by atoms with van der Waals surface area (Å²) in [6.45, 7) is 1.67. The predicted molar refractivity (Wildman–Crippen MR) is 115 cm³/mol. The third kappa shape index (κ3) is 7.07. The van der Waals surface area contributed by atoms with Crippen LogP contribution < -0.4 is 14.9 Å². The lowest BCUT2D eigenvalue weighted by molar-refractivity contribution is -0.385. The van der Waals surface area contributed by atoms with E-state index in [4.69, 9.17) is 14.2 Å². The lowest BCUT2D eigenvalue weighted by Crippen LogP contribution is -2.20. The van der Waals surface area contributed by atoms with E-state index in [-0.39, 0.29) is 30.9 Å². The maximum atomic E-state index is 12.1. The minimum absolute atomic E-state index is 0.131. The highest BCUT2D eigenvalue weighted by Crippen LogP contribution is 2.36. The van der Waals surface area contributed by atoms with Gasteiger partial charge in [-0.15, -0.1) is 0 Å². The Balaban J connectivity index is 2.04. The lowest BCUT2D eigenvalue weighted by Gasteiger charge is -2.13. The zero-order valence-corrected chi connectivity index (χ0v) is 18.4. The number of nitro groups is 1. The van der Waals surface area contributed by atoms with Crippen LogP contribution >= 0.6 is 15.9 Å². The second-order valence-corrected chi connectivity index (χ2v) is 6.84. The maximum Gasteiger partial charge on any atom is 0.344 e. The molecule has 0 spiro atoms. The highest BCUT2D eigenvalue weighted by molar-refractivity contribution is 9.10. The Bertz CT molecular complexity index is 995. The zero-order chi connectivity index (χ0) is 22.8. The Morgan fingerprint density at radius 1 is 1.29 bits per heavy atom. The van der Waals surface area contributed by atoms with Crippen molar-refractivity contribution < 1.29 is 28.7 Å². The van der Waals surface area contributed by atoms with E-state index in [1.807, 2.05) is 0 Å². The van der Waals surface area contributed by atoms with E-state index >= 15 is 0 Å². The molecule has 0 fully saturated rings. The van der Waals surface area contributed by atoms with E-state index in [1.165, 1.54) is 31.5 Å². The second-order valence-electron chi connectivity index (χ2n) is 5.98. The smallest absolute Gasteiger partial charge is 0.344 e. The van der Waals surface area contributed by atoms with E-state index in [1.54, 1.807) is 25.1 Å². The minimum Gasteiger partial charge on any atom is -0.493 e. The van der Waals surface area contributed by atoms with Gasteiger partial charge >= 0.3 is 5.97 Å². The topological polar surface area (TPSA) is 129 Å². The van der Waals surface area contributed by atoms with Crippen LogP contribution in [0.25, 0.3) is 0 Å². The molecular formula is C20H20BrN3O7. The summed E-state index contributed by atoms with van der Waals surface area (Å²) in [5.74, 6) is -0.367. The summed E-state index contributed by atoms with van der Waals surface area (Å²) in [7, 11) is 1.44. The van der Waals surface area contributed by atoms with Crippen LogP contribution in [0, 0.1) is 10.1 Å². The Morgan fingerprint density at radius 3 is 2.71 bits per heavy atom. The molecule has 10 nitrogen and oxygen atoms in total. The standard InChI is InChI=1S/C20H20BrN3O7/c1-3-30-19(26)12-31-20-15(21)8-13(9-17(20)29-2)11-22-23-18(25)10-14-6-4-5-7-16(14)24(27)28/h4-9,11H,3,10,12H2,1-2H3,(H,23,25). The number of methoxy groups -OCH3 is 1. The summed E-state index contributed by atoms with van der Waals surface area (Å²) in [6.07, 6.45) is 1.18. The number of amides is 1. The number of hydrogen-bond acceptors (Lipinski definition) is 8. The van der Waals surface area contributed by atoms with Crippen molar-refractivity contribution in [3.8, 4) is 11.5 Å². The van der Waals surface area contributed by atoms with E-state index < -0.39 is 16.8 Å². The van der Waals surface area contributed by atoms with Crippen molar-refractivity contribution in [1.29, 1.82) is 0 Å². The molecule has 11 heteroatoms. The fourth-order valence-electron chi connectivity index (χ4n) is 2.52. The third-order valence-electron chi connectivity index (χ3n) is 3.83. The monoisotopic (exact) mass is 493 g/mol. The highest BCUT2D eigenvalue weighted by atomic mass is 79.9. The Kier molecular flexibility index (Phi) is 8.94. The molecule has 0 bridgehead atoms. The number of benzene rings is 2. The minimum atomic E-state index is -0.540. The van der Waals surface area contributed by atoms with Gasteiger partial charge in [0.05, 0.1) is 35.7 Å². The number of nitrogens with one attached hydrogen (secondary N) is 1. The Labute approximate surface area is 186 Å². The predicted octanol–water partition coefficient (Wildman–Crippen LogP) is 3.00. The number of hydrogen-bond donors (Lipinski definition) is 1. The normalized spacial score (nSPS) is 10.5. The fourth-order valence-corrected chi connectivity index (χ4v) is 3.09. The van der Waals surface area contributed by atoms with Gasteiger partial charge in [-0.1, -0.05) is 18.2 Å². The molecular weight excluding hydrogens is 474 g/mol. The molecule has 2 aromatic carbocycles. The molecule has 31 heavy (non-hydrogen) atoms. The van der Waals surface area contributed by atoms with Crippen molar-refractivity contribution in [3.63, 3.8) is 0 Å². The van der Waals surface area contributed by atoms with Crippen molar-refractivity contribution in [1.82, 2.24) is 5.43 Å². The zero-order valence-electron chi connectivity index (χ0n) is 16.8. The SMILES string of the molecule is CCOC(=O)COc1c(Br)cc(C=NNC(=O)Cc2ccccc2[N+](=O)[O-])cc1OC. The van der Waals surface area contributed by atoms with Crippen LogP contribution in [0.4, 0.5) is 5.69 Å². The van der Waals surface area contributed by atoms with Gasteiger partial charge in [0.1, 0.15) is 0 Å². The van der Waals surface area contributed by atoms with E-state index in [0.29, 0.717) is 21.5 Å². The van der Waals surface area contributed by atoms with Gasteiger partial charge in [0.25, 0.3) is 5.69 Å². The largest absolute Gasteiger partial charge is 0.493 e. The van der Waals surface area contributed by atoms with Crippen molar-refractivity contribution in [2.75, 3.05) is 20.3 Å². The molecule has 164 valence electrons. The average molecular weight is 494 g/mol. The first-order chi connectivity index (χ1) is 14.8. The number of rotatable bonds is 10. The van der Waals surface area contributed by atoms with Gasteiger partial charge in [0.15, 0.2) is 18.1 Å². The number of carbonyl (C=O) groups is 2. The highest BCUT2D eigenvalue weighted by Gasteiger charge is 2.16. The van der Waals surface area contributed by atoms with Crippen LogP contribution in [-0.4, -0.2) is 43.3 Å². The molecule has 0 atom stereocenters. The first-order valence-corrected chi connectivity index (χ1v) is 9.85. The number of para-hydroxylation sites is 1. The van der Waals surface area contributed by atoms with E-state index in [2.05, 4.69) is 26.5 Å². The van der Waals surface area contributed by atoms with Crippen LogP contribution in [0.15, 0.2) is 46.0 Å². The molecule has 0 heterocycles. The fraction of sp³-hybridized carbons (Fsp3) is 0.250. The Hall–Kier alpha value is -3.47. The molecule has 0 aliphatic heterocycles. The molecule has 0 aliphatic rings. The Morgan fingerprint density at radius 2 is 2.03 bits per heavy atom. The molecule has 0 saturated carbocycles. The third-order valence-corrected chi connectivity index (χ3v) is 4.42. The lowest BCUT2D eigenvalue weighted by atomic mass is 10.1. The van der Waals surface area contributed by atoms with Crippen LogP contribution in [0.3, 0.4) is 0 Å². The number of nitrogens with zero attached hydrogens (tertiary/aromatic N) is 2. The van der Waals surface area contributed by atoms with Crippen LogP contribution in [0.1, 0.15) is 18.1 Å². The molecule has 2 rings (SSSR count). The molecule has 1 amide bonds. The molecule has 0 aliphatic carbocycles. The number of carbonyl (C=O) groups excluding carboxylic acids is 2. The number of esters is 1. The van der Waals surface area contributed by atoms with Crippen molar-refractivity contribution >= 4 is 39.7 Å². The van der Waals surface area contributed by atoms with Gasteiger partial charge in [-0.25, -0.2) is 10.2 Å². The molecule has 0 radical (unpaired) electrons. The van der Waals surface area contributed by atoms with Crippen LogP contribution in [0.2, 0.25) is 0 Å². The summed E-state index contributed by atoms with van der Waals surface area (Å²) >= 11 is 3.34. The molecule has 0 unspecified atom stereocenters. The molecule has 0 aromatic heterocycles. The van der Waals surface area contributed by atoms with Crippen molar-refractivity contribution in [3.05, 3.63) is 62.1 Å². The van der Waals surface area contributed by atoms with Gasteiger partial charge in [0, 0.05) is 11.6 Å². The summed E-state index contributed by atoms with van der Waals surface area (Å²) in [6, 6.07) is 9.25. The summed E-state index contributed by atoms with van der Waals surface area (Å²) in [4.78, 5) is 34.1. The van der Waals surface area contributed by atoms with Gasteiger partial charge in [-0.3, -0.25) is 14.9 Å². The van der Waals surface area contributed by atoms with Crippen LogP contribution in [0.5, 0.6) is 11.5 Å². The maximum absolute atomic E-state index is 12.1. The van der Waals surface area contributed by atoms with Gasteiger partial charge < -0.3 is 14.2 Å². The van der Waals surface area contributed by atoms with Gasteiger partial charge in [0.2, 0.25) is 5.91 Å². The summed E-state index contributed by atoms with van der Waals surface area (Å²) in [5.41, 5.74) is 3.05. The number of hydrazone groups is 1. The van der Waals surface area contributed by atoms with Crippen LogP contribution in [-0.2, 0) is 20.7 Å². The second kappa shape index (κ2) is 11.6. The van der Waals surface area contributed by atoms with Gasteiger partial charge in [-0.2, -0.15) is 5.10 Å². The average Bonchev–Trinajstić information content (AvgIpc) is 2.73. The van der Waals surface area contributed by atoms with Gasteiger partial charge in [-0.05, 0) is 40.5 Å². The van der Waals surface area contributed by atoms with E-state index in [0.717, 1.165) is 0 Å². The number of ether oxygens (including phenoxy) is 3. The number of halogens is 1. The van der Waals surface area contributed by atoms with Crippen molar-refractivity contribution in [2.24, 2.45) is 5.10 Å².